The molecule has 0 aliphatic rings. The highest BCUT2D eigenvalue weighted by atomic mass is 16.6. The molecule has 0 spiro atoms. The van der Waals surface area contributed by atoms with Crippen molar-refractivity contribution in [3.8, 4) is 0 Å². The van der Waals surface area contributed by atoms with Crippen LogP contribution in [0.1, 0.15) is 33.4 Å². The molecule has 0 bridgehead atoms. The fourth-order valence-corrected chi connectivity index (χ4v) is 3.64. The molecule has 188 valence electrons. The molecule has 1 heterocycles. The van der Waals surface area contributed by atoms with Crippen LogP contribution >= 0.6 is 0 Å². The molecular formula is C28H26N4O5. The van der Waals surface area contributed by atoms with Gasteiger partial charge in [0.1, 0.15) is 19.3 Å². The van der Waals surface area contributed by atoms with Gasteiger partial charge in [-0.15, -0.1) is 0 Å². The monoisotopic (exact) mass is 498 g/mol. The second-order valence-electron chi connectivity index (χ2n) is 8.12. The lowest BCUT2D eigenvalue weighted by Gasteiger charge is -2.29. The van der Waals surface area contributed by atoms with E-state index in [9.17, 15) is 14.4 Å². The molecular weight excluding hydrogens is 472 g/mol. The first kappa shape index (κ1) is 25.2. The predicted octanol–water partition coefficient (Wildman–Crippen LogP) is 4.82. The van der Waals surface area contributed by atoms with Crippen molar-refractivity contribution >= 4 is 18.0 Å². The summed E-state index contributed by atoms with van der Waals surface area (Å²) < 4.78 is 12.4. The highest BCUT2D eigenvalue weighted by Crippen LogP contribution is 2.25. The molecule has 4 aromatic rings. The highest BCUT2D eigenvalue weighted by Gasteiger charge is 2.36. The van der Waals surface area contributed by atoms with Gasteiger partial charge >= 0.3 is 12.2 Å². The SMILES string of the molecule is Cn1ccnc1C(=O)[C@@H](c1ccccc1)N(NC(=O)OCc1ccccc1)C(=O)OCc1ccccc1. The first-order valence-electron chi connectivity index (χ1n) is 11.6. The van der Waals surface area contributed by atoms with Gasteiger partial charge in [-0.05, 0) is 16.7 Å². The minimum absolute atomic E-state index is 0.0249. The second-order valence-corrected chi connectivity index (χ2v) is 8.12. The predicted molar refractivity (Wildman–Crippen MR) is 135 cm³/mol. The van der Waals surface area contributed by atoms with Crippen LogP contribution in [0.25, 0.3) is 0 Å². The van der Waals surface area contributed by atoms with E-state index in [4.69, 9.17) is 9.47 Å². The summed E-state index contributed by atoms with van der Waals surface area (Å²) in [6, 6.07) is 25.5. The molecule has 0 aliphatic carbocycles. The number of carbonyl (C=O) groups excluding carboxylic acids is 3. The fraction of sp³-hybridized carbons (Fsp3) is 0.143. The molecule has 4 rings (SSSR count). The third-order valence-electron chi connectivity index (χ3n) is 5.49. The van der Waals surface area contributed by atoms with E-state index in [2.05, 4.69) is 10.4 Å². The Hall–Kier alpha value is -4.92. The molecule has 37 heavy (non-hydrogen) atoms. The first-order chi connectivity index (χ1) is 18.0. The molecule has 3 aromatic carbocycles. The highest BCUT2D eigenvalue weighted by molar-refractivity contribution is 5.99. The normalized spacial score (nSPS) is 11.3. The van der Waals surface area contributed by atoms with Crippen molar-refractivity contribution in [2.75, 3.05) is 0 Å². The van der Waals surface area contributed by atoms with Crippen molar-refractivity contribution in [3.05, 3.63) is 126 Å². The number of amides is 2. The maximum Gasteiger partial charge on any atom is 0.430 e. The fourth-order valence-electron chi connectivity index (χ4n) is 3.64. The number of hydrogen-bond donors (Lipinski definition) is 1. The number of hydrazine groups is 1. The Labute approximate surface area is 214 Å². The minimum atomic E-state index is -1.27. The molecule has 0 saturated heterocycles. The summed E-state index contributed by atoms with van der Waals surface area (Å²) in [5.41, 5.74) is 4.39. The zero-order valence-corrected chi connectivity index (χ0v) is 20.2. The van der Waals surface area contributed by atoms with Gasteiger partial charge in [0.05, 0.1) is 0 Å². The van der Waals surface area contributed by atoms with E-state index in [1.54, 1.807) is 72.4 Å². The van der Waals surface area contributed by atoms with Gasteiger partial charge in [0.2, 0.25) is 5.78 Å². The molecule has 1 aromatic heterocycles. The van der Waals surface area contributed by atoms with Gasteiger partial charge in [0.15, 0.2) is 5.82 Å². The van der Waals surface area contributed by atoms with Crippen LogP contribution < -0.4 is 5.43 Å². The lowest BCUT2D eigenvalue weighted by molar-refractivity contribution is 0.0413. The minimum Gasteiger partial charge on any atom is -0.443 e. The van der Waals surface area contributed by atoms with Crippen LogP contribution in [-0.2, 0) is 29.7 Å². The smallest absolute Gasteiger partial charge is 0.430 e. The number of ketones is 1. The van der Waals surface area contributed by atoms with E-state index in [1.807, 2.05) is 36.4 Å². The van der Waals surface area contributed by atoms with Crippen molar-refractivity contribution < 1.29 is 23.9 Å². The van der Waals surface area contributed by atoms with Gasteiger partial charge < -0.3 is 14.0 Å². The molecule has 2 amide bonds. The zero-order chi connectivity index (χ0) is 26.0. The Bertz CT molecular complexity index is 1330. The summed E-state index contributed by atoms with van der Waals surface area (Å²) in [4.78, 5) is 44.0. The van der Waals surface area contributed by atoms with Crippen molar-refractivity contribution in [3.63, 3.8) is 0 Å². The molecule has 0 radical (unpaired) electrons. The number of nitrogens with zero attached hydrogens (tertiary/aromatic N) is 3. The number of hydrogen-bond acceptors (Lipinski definition) is 6. The maximum atomic E-state index is 13.7. The number of ether oxygens (including phenoxy) is 2. The summed E-state index contributed by atoms with van der Waals surface area (Å²) in [7, 11) is 1.67. The number of carbonyl (C=O) groups is 3. The van der Waals surface area contributed by atoms with Crippen LogP contribution in [0.3, 0.4) is 0 Å². The lowest BCUT2D eigenvalue weighted by Crippen LogP contribution is -2.51. The Balaban J connectivity index is 1.62. The topological polar surface area (TPSA) is 103 Å². The largest absolute Gasteiger partial charge is 0.443 e. The van der Waals surface area contributed by atoms with Gasteiger partial charge in [-0.3, -0.25) is 4.79 Å². The van der Waals surface area contributed by atoms with Crippen LogP contribution in [0.15, 0.2) is 103 Å². The number of aromatic nitrogens is 2. The summed E-state index contributed by atoms with van der Waals surface area (Å²) in [5, 5.41) is 0.850. The molecule has 9 nitrogen and oxygen atoms in total. The van der Waals surface area contributed by atoms with Crippen LogP contribution in [-0.4, -0.2) is 32.5 Å². The standard InChI is InChI=1S/C28H26N4O5/c1-31-18-17-29-26(31)25(33)24(23-15-9-4-10-16-23)32(28(35)37-20-22-13-7-3-8-14-22)30-27(34)36-19-21-11-5-2-6-12-21/h2-18,24H,19-20H2,1H3,(H,30,34)/t24-/m1/s1. The lowest BCUT2D eigenvalue weighted by atomic mass is 10.0. The van der Waals surface area contributed by atoms with Gasteiger partial charge in [0.25, 0.3) is 0 Å². The average molecular weight is 499 g/mol. The van der Waals surface area contributed by atoms with Crippen molar-refractivity contribution in [1.82, 2.24) is 20.0 Å². The van der Waals surface area contributed by atoms with Crippen LogP contribution in [0.5, 0.6) is 0 Å². The molecule has 0 aliphatic heterocycles. The van der Waals surface area contributed by atoms with E-state index in [0.717, 1.165) is 16.1 Å². The quantitative estimate of drug-likeness (QED) is 0.276. The molecule has 1 N–H and O–H groups in total. The maximum absolute atomic E-state index is 13.7. The second kappa shape index (κ2) is 12.2. The van der Waals surface area contributed by atoms with Crippen molar-refractivity contribution in [2.24, 2.45) is 7.05 Å². The molecule has 0 saturated carbocycles. The number of Topliss-reactive ketones (excluding diaryl/α,β-unsaturated/α-hetero) is 1. The van der Waals surface area contributed by atoms with E-state index >= 15 is 0 Å². The van der Waals surface area contributed by atoms with Gasteiger partial charge in [-0.25, -0.2) is 25.0 Å². The van der Waals surface area contributed by atoms with Crippen LogP contribution in [0.2, 0.25) is 0 Å². The van der Waals surface area contributed by atoms with E-state index in [-0.39, 0.29) is 19.0 Å². The number of benzene rings is 3. The Kier molecular flexibility index (Phi) is 8.28. The number of aryl methyl sites for hydroxylation is 1. The van der Waals surface area contributed by atoms with Gasteiger partial charge in [-0.2, -0.15) is 0 Å². The Morgan fingerprint density at radius 2 is 1.38 bits per heavy atom. The van der Waals surface area contributed by atoms with Crippen molar-refractivity contribution in [2.45, 2.75) is 19.3 Å². The zero-order valence-electron chi connectivity index (χ0n) is 20.2. The summed E-state index contributed by atoms with van der Waals surface area (Å²) in [5.74, 6) is -0.409. The third kappa shape index (κ3) is 6.61. The van der Waals surface area contributed by atoms with Crippen LogP contribution in [0.4, 0.5) is 9.59 Å². The Morgan fingerprint density at radius 3 is 1.92 bits per heavy atom. The van der Waals surface area contributed by atoms with Gasteiger partial charge in [0, 0.05) is 19.4 Å². The van der Waals surface area contributed by atoms with Gasteiger partial charge in [-0.1, -0.05) is 91.0 Å². The first-order valence-corrected chi connectivity index (χ1v) is 11.6. The van der Waals surface area contributed by atoms with Crippen LogP contribution in [0, 0.1) is 0 Å². The summed E-state index contributed by atoms with van der Waals surface area (Å²) in [6.07, 6.45) is 1.25. The van der Waals surface area contributed by atoms with E-state index in [1.165, 1.54) is 6.20 Å². The Morgan fingerprint density at radius 1 is 0.838 bits per heavy atom. The summed E-state index contributed by atoms with van der Waals surface area (Å²) in [6.45, 7) is -0.0854. The van der Waals surface area contributed by atoms with E-state index in [0.29, 0.717) is 5.56 Å². The summed E-state index contributed by atoms with van der Waals surface area (Å²) >= 11 is 0. The number of nitrogens with one attached hydrogen (secondary N) is 1. The van der Waals surface area contributed by atoms with E-state index < -0.39 is 24.0 Å². The molecule has 0 unspecified atom stereocenters. The van der Waals surface area contributed by atoms with Crippen molar-refractivity contribution in [1.29, 1.82) is 0 Å². The molecule has 9 heteroatoms. The number of imidazole rings is 1. The third-order valence-corrected chi connectivity index (χ3v) is 5.49. The molecule has 0 fully saturated rings. The molecule has 1 atom stereocenters. The average Bonchev–Trinajstić information content (AvgIpc) is 3.37. The number of rotatable bonds is 8.